The Labute approximate surface area is 166 Å². The number of amides is 1. The summed E-state index contributed by atoms with van der Waals surface area (Å²) in [7, 11) is 1.60. The molecule has 0 saturated carbocycles. The van der Waals surface area contributed by atoms with Crippen molar-refractivity contribution in [3.05, 3.63) is 46.1 Å². The number of hydrogen-bond donors (Lipinski definition) is 0. The molecule has 1 aromatic carbocycles. The Balaban J connectivity index is 1.51. The highest BCUT2D eigenvalue weighted by molar-refractivity contribution is 5.81. The van der Waals surface area contributed by atoms with Crippen LogP contribution in [0.2, 0.25) is 0 Å². The molecule has 4 rings (SSSR count). The van der Waals surface area contributed by atoms with Crippen LogP contribution in [0.3, 0.4) is 0 Å². The van der Waals surface area contributed by atoms with Gasteiger partial charge in [-0.3, -0.25) is 9.36 Å². The predicted molar refractivity (Wildman–Crippen MR) is 101 cm³/mol. The van der Waals surface area contributed by atoms with Crippen molar-refractivity contribution in [2.75, 3.05) is 20.2 Å². The molecule has 1 amide bonds. The van der Waals surface area contributed by atoms with Gasteiger partial charge in [0, 0.05) is 19.4 Å². The highest BCUT2D eigenvalue weighted by Gasteiger charge is 2.43. The van der Waals surface area contributed by atoms with E-state index in [4.69, 9.17) is 4.74 Å². The fourth-order valence-corrected chi connectivity index (χ4v) is 4.07. The molecule has 0 N–H and O–H groups in total. The molecule has 1 fully saturated rings. The summed E-state index contributed by atoms with van der Waals surface area (Å²) in [6.07, 6.45) is 2.06. The molecule has 2 aromatic rings. The predicted octanol–water partition coefficient (Wildman–Crippen LogP) is 2.04. The van der Waals surface area contributed by atoms with E-state index < -0.39 is 24.4 Å². The molecule has 7 nitrogen and oxygen atoms in total. The standard InChI is InChI=1S/C20H24F2N4O3/c1-29-15-7-5-14(6-8-15)9-11-25-19(28)26-16(3-2-4-17(26)23-25)18(27)24-12-10-20(21,22)13-24/h5-8,16H,2-4,9-13H2,1H3/t16-/m0/s1. The number of benzene rings is 1. The van der Waals surface area contributed by atoms with Gasteiger partial charge < -0.3 is 9.64 Å². The van der Waals surface area contributed by atoms with Crippen molar-refractivity contribution in [1.29, 1.82) is 0 Å². The van der Waals surface area contributed by atoms with Gasteiger partial charge in [-0.15, -0.1) is 0 Å². The van der Waals surface area contributed by atoms with Crippen molar-refractivity contribution < 1.29 is 18.3 Å². The molecule has 1 atom stereocenters. The molecule has 2 aliphatic heterocycles. The van der Waals surface area contributed by atoms with Gasteiger partial charge in [0.2, 0.25) is 5.91 Å². The molecule has 0 aliphatic carbocycles. The summed E-state index contributed by atoms with van der Waals surface area (Å²) in [4.78, 5) is 26.9. The number of carbonyl (C=O) groups excluding carboxylic acids is 1. The van der Waals surface area contributed by atoms with Crippen molar-refractivity contribution in [3.8, 4) is 5.75 Å². The molecule has 3 heterocycles. The van der Waals surface area contributed by atoms with Gasteiger partial charge in [0.25, 0.3) is 5.92 Å². The topological polar surface area (TPSA) is 69.4 Å². The minimum atomic E-state index is -2.85. The van der Waals surface area contributed by atoms with E-state index in [0.29, 0.717) is 38.1 Å². The van der Waals surface area contributed by atoms with Crippen LogP contribution >= 0.6 is 0 Å². The number of aryl methyl sites for hydroxylation is 3. The lowest BCUT2D eigenvalue weighted by Gasteiger charge is -2.27. The van der Waals surface area contributed by atoms with Crippen LogP contribution in [0.1, 0.15) is 36.7 Å². The Kier molecular flexibility index (Phi) is 5.14. The first-order chi connectivity index (χ1) is 13.9. The lowest BCUT2D eigenvalue weighted by atomic mass is 10.0. The van der Waals surface area contributed by atoms with Crippen LogP contribution in [0.5, 0.6) is 5.75 Å². The first kappa shape index (κ1) is 19.6. The second kappa shape index (κ2) is 7.61. The van der Waals surface area contributed by atoms with Crippen molar-refractivity contribution in [3.63, 3.8) is 0 Å². The number of nitrogens with zero attached hydrogens (tertiary/aromatic N) is 4. The minimum absolute atomic E-state index is 0.0258. The third-order valence-electron chi connectivity index (χ3n) is 5.67. The summed E-state index contributed by atoms with van der Waals surface area (Å²) < 4.78 is 35.0. The molecule has 29 heavy (non-hydrogen) atoms. The average Bonchev–Trinajstić information content (AvgIpc) is 3.25. The van der Waals surface area contributed by atoms with Crippen LogP contribution in [-0.2, 0) is 24.2 Å². The molecule has 0 spiro atoms. The SMILES string of the molecule is COc1ccc(CCn2nc3n(c2=O)[C@H](C(=O)N2CCC(F)(F)C2)CCC3)cc1. The van der Waals surface area contributed by atoms with Crippen LogP contribution < -0.4 is 10.4 Å². The normalized spacial score (nSPS) is 20.5. The average molecular weight is 406 g/mol. The van der Waals surface area contributed by atoms with Gasteiger partial charge in [-0.1, -0.05) is 12.1 Å². The fraction of sp³-hybridized carbons (Fsp3) is 0.550. The van der Waals surface area contributed by atoms with E-state index in [9.17, 15) is 18.4 Å². The Bertz CT molecular complexity index is 952. The Morgan fingerprint density at radius 3 is 2.72 bits per heavy atom. The largest absolute Gasteiger partial charge is 0.497 e. The molecule has 1 saturated heterocycles. The zero-order chi connectivity index (χ0) is 20.6. The molecular weight excluding hydrogens is 382 g/mol. The minimum Gasteiger partial charge on any atom is -0.497 e. The number of aromatic nitrogens is 3. The van der Waals surface area contributed by atoms with Crippen LogP contribution in [-0.4, -0.2) is 51.3 Å². The lowest BCUT2D eigenvalue weighted by Crippen LogP contribution is -2.42. The third-order valence-corrected chi connectivity index (χ3v) is 5.67. The van der Waals surface area contributed by atoms with Crippen LogP contribution in [0.25, 0.3) is 0 Å². The van der Waals surface area contributed by atoms with Crippen molar-refractivity contribution in [1.82, 2.24) is 19.2 Å². The number of methoxy groups -OCH3 is 1. The highest BCUT2D eigenvalue weighted by atomic mass is 19.3. The van der Waals surface area contributed by atoms with Gasteiger partial charge in [0.1, 0.15) is 17.6 Å². The summed E-state index contributed by atoms with van der Waals surface area (Å²) >= 11 is 0. The van der Waals surface area contributed by atoms with E-state index in [1.54, 1.807) is 7.11 Å². The summed E-state index contributed by atoms with van der Waals surface area (Å²) in [5, 5.41) is 4.41. The van der Waals surface area contributed by atoms with Gasteiger partial charge in [0.05, 0.1) is 20.2 Å². The zero-order valence-corrected chi connectivity index (χ0v) is 16.3. The summed E-state index contributed by atoms with van der Waals surface area (Å²) in [6.45, 7) is -0.163. The van der Waals surface area contributed by atoms with Crippen LogP contribution in [0.15, 0.2) is 29.1 Å². The maximum absolute atomic E-state index is 13.5. The number of rotatable bonds is 5. The number of likely N-dealkylation sites (tertiary alicyclic amines) is 1. The molecule has 156 valence electrons. The van der Waals surface area contributed by atoms with Gasteiger partial charge in [-0.05, 0) is 37.0 Å². The number of carbonyl (C=O) groups is 1. The lowest BCUT2D eigenvalue weighted by molar-refractivity contribution is -0.135. The molecule has 0 bridgehead atoms. The van der Waals surface area contributed by atoms with Gasteiger partial charge in [-0.2, -0.15) is 5.10 Å². The summed E-state index contributed by atoms with van der Waals surface area (Å²) in [5.41, 5.74) is 0.688. The number of hydrogen-bond acceptors (Lipinski definition) is 4. The van der Waals surface area contributed by atoms with E-state index >= 15 is 0 Å². The monoisotopic (exact) mass is 406 g/mol. The molecule has 2 aliphatic rings. The Morgan fingerprint density at radius 1 is 1.31 bits per heavy atom. The van der Waals surface area contributed by atoms with Gasteiger partial charge >= 0.3 is 5.69 Å². The van der Waals surface area contributed by atoms with Gasteiger partial charge in [-0.25, -0.2) is 18.3 Å². The Hall–Kier alpha value is -2.71. The number of fused-ring (bicyclic) bond motifs is 1. The van der Waals surface area contributed by atoms with E-state index in [0.717, 1.165) is 11.3 Å². The second-order valence-electron chi connectivity index (χ2n) is 7.66. The molecule has 9 heteroatoms. The van der Waals surface area contributed by atoms with Crippen LogP contribution in [0.4, 0.5) is 8.78 Å². The third kappa shape index (κ3) is 3.90. The van der Waals surface area contributed by atoms with E-state index in [-0.39, 0.29) is 18.7 Å². The van der Waals surface area contributed by atoms with Crippen molar-refractivity contribution in [2.45, 2.75) is 50.6 Å². The van der Waals surface area contributed by atoms with Crippen LogP contribution in [0, 0.1) is 0 Å². The highest BCUT2D eigenvalue weighted by Crippen LogP contribution is 2.31. The van der Waals surface area contributed by atoms with Gasteiger partial charge in [0.15, 0.2) is 0 Å². The number of halogens is 2. The molecule has 0 radical (unpaired) electrons. The smallest absolute Gasteiger partial charge is 0.346 e. The molecular formula is C20H24F2N4O3. The second-order valence-corrected chi connectivity index (χ2v) is 7.66. The van der Waals surface area contributed by atoms with E-state index in [2.05, 4.69) is 5.10 Å². The van der Waals surface area contributed by atoms with Crippen molar-refractivity contribution in [2.24, 2.45) is 0 Å². The fourth-order valence-electron chi connectivity index (χ4n) is 4.07. The summed E-state index contributed by atoms with van der Waals surface area (Å²) in [6, 6.07) is 6.84. The van der Waals surface area contributed by atoms with Crippen molar-refractivity contribution >= 4 is 5.91 Å². The first-order valence-corrected chi connectivity index (χ1v) is 9.86. The molecule has 1 aromatic heterocycles. The number of alkyl halides is 2. The number of ether oxygens (including phenoxy) is 1. The van der Waals surface area contributed by atoms with E-state index in [1.165, 1.54) is 14.1 Å². The zero-order valence-electron chi connectivity index (χ0n) is 16.3. The van der Waals surface area contributed by atoms with E-state index in [1.807, 2.05) is 24.3 Å². The maximum atomic E-state index is 13.5. The first-order valence-electron chi connectivity index (χ1n) is 9.86. The molecule has 0 unspecified atom stereocenters. The summed E-state index contributed by atoms with van der Waals surface area (Å²) in [5.74, 6) is -1.93. The maximum Gasteiger partial charge on any atom is 0.346 e. The quantitative estimate of drug-likeness (QED) is 0.762. The Morgan fingerprint density at radius 2 is 2.07 bits per heavy atom.